The Morgan fingerprint density at radius 2 is 1.69 bits per heavy atom. The number of anilines is 1. The topological polar surface area (TPSA) is 86.8 Å². The number of nitrogens with zero attached hydrogens (tertiary/aromatic N) is 2. The van der Waals surface area contributed by atoms with E-state index in [-0.39, 0.29) is 31.3 Å². The van der Waals surface area contributed by atoms with Crippen molar-refractivity contribution in [3.05, 3.63) is 64.2 Å². The fourth-order valence-electron chi connectivity index (χ4n) is 4.03. The normalized spacial score (nSPS) is 12.2. The van der Waals surface area contributed by atoms with E-state index in [1.165, 1.54) is 15.5 Å². The molecule has 0 spiro atoms. The lowest BCUT2D eigenvalue weighted by Gasteiger charge is -2.30. The average Bonchev–Trinajstić information content (AvgIpc) is 2.79. The van der Waals surface area contributed by atoms with Crippen molar-refractivity contribution in [1.82, 2.24) is 10.2 Å². The van der Waals surface area contributed by atoms with E-state index in [2.05, 4.69) is 5.32 Å². The molecule has 1 N–H and O–H groups in total. The number of hydrogen-bond acceptors (Lipinski definition) is 4. The van der Waals surface area contributed by atoms with Crippen LogP contribution in [0.25, 0.3) is 0 Å². The Morgan fingerprint density at radius 1 is 1.06 bits per heavy atom. The Bertz CT molecular complexity index is 1130. The Hall–Kier alpha value is -2.58. The van der Waals surface area contributed by atoms with Gasteiger partial charge in [0.2, 0.25) is 21.8 Å². The van der Waals surface area contributed by atoms with Gasteiger partial charge in [-0.2, -0.15) is 0 Å². The van der Waals surface area contributed by atoms with Crippen LogP contribution in [0, 0.1) is 13.8 Å². The van der Waals surface area contributed by atoms with E-state index in [9.17, 15) is 18.0 Å². The van der Waals surface area contributed by atoms with Crippen molar-refractivity contribution < 1.29 is 18.0 Å². The van der Waals surface area contributed by atoms with Gasteiger partial charge in [0.15, 0.2) is 0 Å². The van der Waals surface area contributed by atoms with Crippen molar-refractivity contribution in [2.45, 2.75) is 66.0 Å². The summed E-state index contributed by atoms with van der Waals surface area (Å²) < 4.78 is 26.4. The van der Waals surface area contributed by atoms with E-state index >= 15 is 0 Å². The fraction of sp³-hybridized carbons (Fsp3) is 0.481. The van der Waals surface area contributed by atoms with Crippen LogP contribution in [0.15, 0.2) is 42.5 Å². The smallest absolute Gasteiger partial charge is 0.242 e. The highest BCUT2D eigenvalue weighted by Gasteiger charge is 2.27. The summed E-state index contributed by atoms with van der Waals surface area (Å²) in [6.07, 6.45) is 3.37. The molecule has 0 aliphatic heterocycles. The summed E-state index contributed by atoms with van der Waals surface area (Å²) in [4.78, 5) is 27.6. The first-order chi connectivity index (χ1) is 16.9. The quantitative estimate of drug-likeness (QED) is 0.372. The van der Waals surface area contributed by atoms with Gasteiger partial charge in [0.25, 0.3) is 0 Å². The molecule has 0 aliphatic carbocycles. The molecule has 0 heterocycles. The summed E-state index contributed by atoms with van der Waals surface area (Å²) in [5.74, 6) is -0.459. The molecular weight excluding hydrogens is 498 g/mol. The number of carbonyl (C=O) groups excluding carboxylic acids is 2. The summed E-state index contributed by atoms with van der Waals surface area (Å²) >= 11 is 6.34. The van der Waals surface area contributed by atoms with Crippen molar-refractivity contribution >= 4 is 39.1 Å². The van der Waals surface area contributed by atoms with E-state index in [1.54, 1.807) is 13.0 Å². The molecule has 1 atom stereocenters. The van der Waals surface area contributed by atoms with Gasteiger partial charge in [0.05, 0.1) is 11.9 Å². The predicted octanol–water partition coefficient (Wildman–Crippen LogP) is 4.84. The number of rotatable bonds is 13. The third-order valence-corrected chi connectivity index (χ3v) is 7.50. The van der Waals surface area contributed by atoms with Crippen LogP contribution in [0.5, 0.6) is 0 Å². The Kier molecular flexibility index (Phi) is 11.2. The molecule has 0 saturated carbocycles. The van der Waals surface area contributed by atoms with Gasteiger partial charge in [-0.05, 0) is 68.5 Å². The molecule has 0 saturated heterocycles. The van der Waals surface area contributed by atoms with Gasteiger partial charge >= 0.3 is 0 Å². The molecule has 0 aliphatic rings. The number of carbonyl (C=O) groups is 2. The first-order valence-electron chi connectivity index (χ1n) is 12.3. The Labute approximate surface area is 220 Å². The summed E-state index contributed by atoms with van der Waals surface area (Å²) in [5.41, 5.74) is 3.25. The van der Waals surface area contributed by atoms with Crippen LogP contribution in [0.3, 0.4) is 0 Å². The lowest BCUT2D eigenvalue weighted by Crippen LogP contribution is -2.48. The number of aryl methyl sites for hydroxylation is 2. The molecule has 0 radical (unpaired) electrons. The van der Waals surface area contributed by atoms with E-state index < -0.39 is 16.1 Å². The summed E-state index contributed by atoms with van der Waals surface area (Å²) in [7, 11) is -3.54. The SMILES string of the molecule is CCCCNC(=O)C(C)N(Cc1ccccc1Cl)C(=O)CCCN(c1cc(C)cc(C)c1)S(C)(=O)=O. The molecule has 36 heavy (non-hydrogen) atoms. The molecule has 0 fully saturated rings. The molecule has 2 rings (SSSR count). The number of sulfonamides is 1. The van der Waals surface area contributed by atoms with E-state index in [0.717, 1.165) is 29.5 Å². The number of amides is 2. The van der Waals surface area contributed by atoms with Gasteiger partial charge < -0.3 is 10.2 Å². The summed E-state index contributed by atoms with van der Waals surface area (Å²) in [5, 5.41) is 3.41. The molecule has 2 aromatic carbocycles. The van der Waals surface area contributed by atoms with Gasteiger partial charge in [-0.15, -0.1) is 0 Å². The number of hydrogen-bond donors (Lipinski definition) is 1. The second-order valence-electron chi connectivity index (χ2n) is 9.22. The maximum atomic E-state index is 13.3. The molecule has 2 amide bonds. The van der Waals surface area contributed by atoms with Crippen LogP contribution in [0.4, 0.5) is 5.69 Å². The second kappa shape index (κ2) is 13.7. The largest absolute Gasteiger partial charge is 0.354 e. The minimum atomic E-state index is -3.54. The minimum absolute atomic E-state index is 0.0911. The van der Waals surface area contributed by atoms with Gasteiger partial charge in [0.1, 0.15) is 6.04 Å². The molecule has 0 aromatic heterocycles. The summed E-state index contributed by atoms with van der Waals surface area (Å²) in [6.45, 7) is 8.47. The van der Waals surface area contributed by atoms with Crippen LogP contribution < -0.4 is 9.62 Å². The zero-order chi connectivity index (χ0) is 26.9. The Balaban J connectivity index is 2.18. The molecule has 7 nitrogen and oxygen atoms in total. The zero-order valence-electron chi connectivity index (χ0n) is 21.9. The first-order valence-corrected chi connectivity index (χ1v) is 14.5. The highest BCUT2D eigenvalue weighted by atomic mass is 35.5. The first kappa shape index (κ1) is 29.6. The van der Waals surface area contributed by atoms with E-state index in [1.807, 2.05) is 57.2 Å². The standard InChI is InChI=1S/C27H38ClN3O4S/c1-6-7-14-29-27(33)22(4)30(19-23-11-8-9-12-25(23)28)26(32)13-10-15-31(36(5,34)35)24-17-20(2)16-21(3)18-24/h8-9,11-12,16-18,22H,6-7,10,13-15,19H2,1-5H3,(H,29,33). The highest BCUT2D eigenvalue weighted by molar-refractivity contribution is 7.92. The van der Waals surface area contributed by atoms with Crippen LogP contribution >= 0.6 is 11.6 Å². The molecule has 2 aromatic rings. The number of halogens is 1. The lowest BCUT2D eigenvalue weighted by molar-refractivity contribution is -0.140. The van der Waals surface area contributed by atoms with Gasteiger partial charge in [-0.3, -0.25) is 13.9 Å². The minimum Gasteiger partial charge on any atom is -0.354 e. The van der Waals surface area contributed by atoms with Crippen molar-refractivity contribution in [2.24, 2.45) is 0 Å². The average molecular weight is 536 g/mol. The second-order valence-corrected chi connectivity index (χ2v) is 11.5. The monoisotopic (exact) mass is 535 g/mol. The van der Waals surface area contributed by atoms with Gasteiger partial charge in [-0.25, -0.2) is 8.42 Å². The van der Waals surface area contributed by atoms with Crippen molar-refractivity contribution in [3.63, 3.8) is 0 Å². The zero-order valence-corrected chi connectivity index (χ0v) is 23.5. The Morgan fingerprint density at radius 3 is 2.28 bits per heavy atom. The van der Waals surface area contributed by atoms with Crippen molar-refractivity contribution in [1.29, 1.82) is 0 Å². The van der Waals surface area contributed by atoms with Crippen LogP contribution in [-0.4, -0.2) is 50.5 Å². The van der Waals surface area contributed by atoms with E-state index in [0.29, 0.717) is 23.7 Å². The third-order valence-electron chi connectivity index (χ3n) is 5.94. The summed E-state index contributed by atoms with van der Waals surface area (Å²) in [6, 6.07) is 12.2. The van der Waals surface area contributed by atoms with Crippen LogP contribution in [0.2, 0.25) is 5.02 Å². The molecule has 1 unspecified atom stereocenters. The molecule has 198 valence electrons. The van der Waals surface area contributed by atoms with Crippen LogP contribution in [-0.2, 0) is 26.2 Å². The fourth-order valence-corrected chi connectivity index (χ4v) is 5.17. The number of unbranched alkanes of at least 4 members (excludes halogenated alkanes) is 1. The van der Waals surface area contributed by atoms with Crippen LogP contribution in [0.1, 0.15) is 56.2 Å². The molecular formula is C27H38ClN3O4S. The highest BCUT2D eigenvalue weighted by Crippen LogP contribution is 2.23. The maximum absolute atomic E-state index is 13.3. The lowest BCUT2D eigenvalue weighted by atomic mass is 10.1. The molecule has 0 bridgehead atoms. The van der Waals surface area contributed by atoms with Crippen molar-refractivity contribution in [3.8, 4) is 0 Å². The third kappa shape index (κ3) is 8.82. The number of benzene rings is 2. The number of nitrogens with one attached hydrogen (secondary N) is 1. The van der Waals surface area contributed by atoms with Gasteiger partial charge in [-0.1, -0.05) is 49.2 Å². The van der Waals surface area contributed by atoms with Gasteiger partial charge in [0, 0.05) is 31.1 Å². The maximum Gasteiger partial charge on any atom is 0.242 e. The molecule has 9 heteroatoms. The predicted molar refractivity (Wildman–Crippen MR) is 147 cm³/mol. The van der Waals surface area contributed by atoms with E-state index in [4.69, 9.17) is 11.6 Å². The van der Waals surface area contributed by atoms with Crippen molar-refractivity contribution in [2.75, 3.05) is 23.7 Å².